The fraction of sp³-hybridized carbons (Fsp3) is 0.500. The van der Waals surface area contributed by atoms with Gasteiger partial charge in [0.25, 0.3) is 0 Å². The highest BCUT2D eigenvalue weighted by atomic mass is 35.5. The van der Waals surface area contributed by atoms with E-state index < -0.39 is 0 Å². The molecule has 1 aliphatic heterocycles. The van der Waals surface area contributed by atoms with Crippen LogP contribution in [0.15, 0.2) is 24.3 Å². The molecule has 0 unspecified atom stereocenters. The first-order valence-corrected chi connectivity index (χ1v) is 10.3. The number of amides is 1. The molecule has 162 valence electrons. The van der Waals surface area contributed by atoms with E-state index in [1.165, 1.54) is 0 Å². The molecule has 4 N–H and O–H groups in total. The van der Waals surface area contributed by atoms with E-state index in [-0.39, 0.29) is 17.4 Å². The third-order valence-electron chi connectivity index (χ3n) is 4.51. The molecule has 0 spiro atoms. The van der Waals surface area contributed by atoms with Gasteiger partial charge in [-0.15, -0.1) is 0 Å². The minimum absolute atomic E-state index is 0.0547. The maximum absolute atomic E-state index is 12.1. The van der Waals surface area contributed by atoms with Gasteiger partial charge in [-0.1, -0.05) is 11.6 Å². The molecule has 9 nitrogen and oxygen atoms in total. The molecule has 1 aliphatic rings. The Labute approximate surface area is 182 Å². The Morgan fingerprint density at radius 2 is 1.70 bits per heavy atom. The highest BCUT2D eigenvalue weighted by molar-refractivity contribution is 6.30. The fourth-order valence-corrected chi connectivity index (χ4v) is 3.32. The number of nitrogens with zero attached hydrogens (tertiary/aromatic N) is 5. The quantitative estimate of drug-likeness (QED) is 0.634. The maximum atomic E-state index is 12.1. The summed E-state index contributed by atoms with van der Waals surface area (Å²) in [5.41, 5.74) is 6.48. The lowest BCUT2D eigenvalue weighted by molar-refractivity contribution is -0.124. The predicted octanol–water partition coefficient (Wildman–Crippen LogP) is 1.88. The summed E-state index contributed by atoms with van der Waals surface area (Å²) in [5, 5.41) is 6.79. The van der Waals surface area contributed by atoms with Crippen molar-refractivity contribution in [1.29, 1.82) is 0 Å². The van der Waals surface area contributed by atoms with Crippen LogP contribution >= 0.6 is 11.6 Å². The molecular weight excluding hydrogens is 404 g/mol. The number of anilines is 3. The van der Waals surface area contributed by atoms with E-state index in [1.807, 2.05) is 32.9 Å². The van der Waals surface area contributed by atoms with Crippen molar-refractivity contribution >= 4 is 35.1 Å². The zero-order chi connectivity index (χ0) is 21.7. The van der Waals surface area contributed by atoms with Gasteiger partial charge >= 0.3 is 0 Å². The molecule has 2 aromatic rings. The van der Waals surface area contributed by atoms with Crippen LogP contribution in [-0.2, 0) is 11.3 Å². The molecule has 1 fully saturated rings. The van der Waals surface area contributed by atoms with E-state index in [2.05, 4.69) is 35.4 Å². The topological polar surface area (TPSA) is 112 Å². The first kappa shape index (κ1) is 22.2. The molecule has 0 atom stereocenters. The van der Waals surface area contributed by atoms with Crippen LogP contribution in [0.5, 0.6) is 0 Å². The smallest absolute Gasteiger partial charge is 0.234 e. The van der Waals surface area contributed by atoms with Crippen molar-refractivity contribution in [3.05, 3.63) is 35.1 Å². The number of carbonyl (C=O) groups excluding carboxylic acids is 1. The Balaban J connectivity index is 1.53. The first-order chi connectivity index (χ1) is 14.2. The lowest BCUT2D eigenvalue weighted by atomic mass is 10.1. The van der Waals surface area contributed by atoms with E-state index in [4.69, 9.17) is 17.3 Å². The molecule has 1 saturated heterocycles. The third kappa shape index (κ3) is 7.08. The number of halogens is 1. The van der Waals surface area contributed by atoms with Crippen LogP contribution in [0.2, 0.25) is 5.02 Å². The van der Waals surface area contributed by atoms with Gasteiger partial charge in [-0.2, -0.15) is 15.0 Å². The second-order valence-corrected chi connectivity index (χ2v) is 8.85. The summed E-state index contributed by atoms with van der Waals surface area (Å²) >= 11 is 5.92. The number of rotatable bonds is 6. The van der Waals surface area contributed by atoms with Crippen LogP contribution in [0.4, 0.5) is 17.6 Å². The largest absolute Gasteiger partial charge is 0.368 e. The highest BCUT2D eigenvalue weighted by Crippen LogP contribution is 2.17. The molecule has 30 heavy (non-hydrogen) atoms. The highest BCUT2D eigenvalue weighted by Gasteiger charge is 2.22. The number of piperazine rings is 1. The number of hydrogen-bond acceptors (Lipinski definition) is 8. The summed E-state index contributed by atoms with van der Waals surface area (Å²) in [6.45, 7) is 10.2. The summed E-state index contributed by atoms with van der Waals surface area (Å²) in [7, 11) is 0. The summed E-state index contributed by atoms with van der Waals surface area (Å²) in [6, 6.07) is 7.27. The van der Waals surface area contributed by atoms with Gasteiger partial charge in [0.2, 0.25) is 17.8 Å². The van der Waals surface area contributed by atoms with Gasteiger partial charge in [-0.25, -0.2) is 0 Å². The SMILES string of the molecule is CC(C)(C)NC(=O)CN1CCN(Cc2nc(N)nc(Nc3ccc(Cl)cc3)n2)CC1. The van der Waals surface area contributed by atoms with Gasteiger partial charge in [0.05, 0.1) is 13.1 Å². The third-order valence-corrected chi connectivity index (χ3v) is 4.76. The van der Waals surface area contributed by atoms with E-state index in [9.17, 15) is 4.79 Å². The van der Waals surface area contributed by atoms with Crippen molar-refractivity contribution in [2.24, 2.45) is 0 Å². The second kappa shape index (κ2) is 9.55. The summed E-state index contributed by atoms with van der Waals surface area (Å²) in [4.78, 5) is 29.4. The lowest BCUT2D eigenvalue weighted by Gasteiger charge is -2.34. The van der Waals surface area contributed by atoms with Crippen molar-refractivity contribution in [2.45, 2.75) is 32.9 Å². The van der Waals surface area contributed by atoms with Gasteiger partial charge in [0, 0.05) is 42.4 Å². The van der Waals surface area contributed by atoms with Crippen molar-refractivity contribution in [3.8, 4) is 0 Å². The number of carbonyl (C=O) groups is 1. The van der Waals surface area contributed by atoms with E-state index in [0.29, 0.717) is 29.9 Å². The Morgan fingerprint density at radius 3 is 2.33 bits per heavy atom. The molecule has 0 bridgehead atoms. The van der Waals surface area contributed by atoms with Gasteiger partial charge in [-0.05, 0) is 45.0 Å². The summed E-state index contributed by atoms with van der Waals surface area (Å²) in [5.74, 6) is 1.24. The van der Waals surface area contributed by atoms with Gasteiger partial charge in [0.1, 0.15) is 5.82 Å². The van der Waals surface area contributed by atoms with Crippen molar-refractivity contribution < 1.29 is 4.79 Å². The van der Waals surface area contributed by atoms with Gasteiger partial charge in [0.15, 0.2) is 0 Å². The van der Waals surface area contributed by atoms with Crippen LogP contribution in [-0.4, -0.2) is 68.9 Å². The predicted molar refractivity (Wildman–Crippen MR) is 119 cm³/mol. The number of hydrogen-bond donors (Lipinski definition) is 3. The molecule has 1 aromatic carbocycles. The minimum Gasteiger partial charge on any atom is -0.368 e. The molecule has 0 aliphatic carbocycles. The van der Waals surface area contributed by atoms with Crippen molar-refractivity contribution in [1.82, 2.24) is 30.1 Å². The number of aromatic nitrogens is 3. The number of nitrogens with two attached hydrogens (primary N) is 1. The first-order valence-electron chi connectivity index (χ1n) is 9.95. The van der Waals surface area contributed by atoms with Crippen LogP contribution in [0.25, 0.3) is 0 Å². The van der Waals surface area contributed by atoms with Crippen LogP contribution in [0, 0.1) is 0 Å². The molecule has 0 radical (unpaired) electrons. The van der Waals surface area contributed by atoms with Gasteiger partial charge in [-0.3, -0.25) is 14.6 Å². The second-order valence-electron chi connectivity index (χ2n) is 8.42. The average molecular weight is 433 g/mol. The average Bonchev–Trinajstić information content (AvgIpc) is 2.63. The monoisotopic (exact) mass is 432 g/mol. The van der Waals surface area contributed by atoms with Crippen LogP contribution < -0.4 is 16.4 Å². The normalized spacial score (nSPS) is 15.7. The van der Waals surface area contributed by atoms with Crippen LogP contribution in [0.1, 0.15) is 26.6 Å². The standard InChI is InChI=1S/C20H29ClN8O/c1-20(2,3)27-17(30)13-29-10-8-28(9-11-29)12-16-24-18(22)26-19(25-16)23-15-6-4-14(21)5-7-15/h4-7H,8-13H2,1-3H3,(H,27,30)(H3,22,23,24,25,26). The number of nitrogen functional groups attached to an aromatic ring is 1. The molecule has 3 rings (SSSR count). The Bertz CT molecular complexity index is 860. The van der Waals surface area contributed by atoms with E-state index >= 15 is 0 Å². The zero-order valence-corrected chi connectivity index (χ0v) is 18.4. The van der Waals surface area contributed by atoms with E-state index in [0.717, 1.165) is 31.9 Å². The van der Waals surface area contributed by atoms with Crippen LogP contribution in [0.3, 0.4) is 0 Å². The Hall–Kier alpha value is -2.49. The number of benzene rings is 1. The minimum atomic E-state index is -0.213. The molecule has 1 amide bonds. The Kier molecular flexibility index (Phi) is 7.06. The van der Waals surface area contributed by atoms with Gasteiger partial charge < -0.3 is 16.4 Å². The maximum Gasteiger partial charge on any atom is 0.234 e. The summed E-state index contributed by atoms with van der Waals surface area (Å²) in [6.07, 6.45) is 0. The Morgan fingerprint density at radius 1 is 1.07 bits per heavy atom. The molecular formula is C20H29ClN8O. The zero-order valence-electron chi connectivity index (χ0n) is 17.7. The fourth-order valence-electron chi connectivity index (χ4n) is 3.19. The van der Waals surface area contributed by atoms with Crippen molar-refractivity contribution in [2.75, 3.05) is 43.8 Å². The number of nitrogens with one attached hydrogen (secondary N) is 2. The molecule has 1 aromatic heterocycles. The van der Waals surface area contributed by atoms with E-state index in [1.54, 1.807) is 12.1 Å². The molecule has 10 heteroatoms. The molecule has 0 saturated carbocycles. The van der Waals surface area contributed by atoms with Crippen molar-refractivity contribution in [3.63, 3.8) is 0 Å². The lowest BCUT2D eigenvalue weighted by Crippen LogP contribution is -2.51. The summed E-state index contributed by atoms with van der Waals surface area (Å²) < 4.78 is 0. The molecule has 2 heterocycles.